The number of ether oxygens (including phenoxy) is 1. The molecule has 0 radical (unpaired) electrons. The van der Waals surface area contributed by atoms with Gasteiger partial charge in [0.25, 0.3) is 0 Å². The van der Waals surface area contributed by atoms with Crippen LogP contribution < -0.4 is 10.6 Å². The standard InChI is InChI=1S/C12H14BrFN2OS/c13-8-3-4-11(10(14)6-8)16-12(18)15-7-9-2-1-5-17-9/h3-4,6,9H,1-2,5,7H2,(H2,15,16,18). The van der Waals surface area contributed by atoms with E-state index >= 15 is 0 Å². The van der Waals surface area contributed by atoms with Gasteiger partial charge in [-0.25, -0.2) is 4.39 Å². The van der Waals surface area contributed by atoms with Crippen molar-refractivity contribution < 1.29 is 9.13 Å². The molecule has 1 saturated heterocycles. The van der Waals surface area contributed by atoms with Gasteiger partial charge in [-0.05, 0) is 43.3 Å². The molecule has 0 aliphatic carbocycles. The summed E-state index contributed by atoms with van der Waals surface area (Å²) in [6.07, 6.45) is 2.34. The van der Waals surface area contributed by atoms with E-state index in [1.165, 1.54) is 6.07 Å². The fourth-order valence-corrected chi connectivity index (χ4v) is 2.30. The van der Waals surface area contributed by atoms with Gasteiger partial charge in [0.2, 0.25) is 0 Å². The number of rotatable bonds is 3. The monoisotopic (exact) mass is 332 g/mol. The van der Waals surface area contributed by atoms with E-state index in [0.717, 1.165) is 19.4 Å². The zero-order valence-corrected chi connectivity index (χ0v) is 12.1. The van der Waals surface area contributed by atoms with Crippen LogP contribution in [0.15, 0.2) is 22.7 Å². The van der Waals surface area contributed by atoms with Crippen LogP contribution in [0, 0.1) is 5.82 Å². The molecule has 1 aromatic carbocycles. The van der Waals surface area contributed by atoms with Gasteiger partial charge in [0.1, 0.15) is 5.82 Å². The summed E-state index contributed by atoms with van der Waals surface area (Å²) in [7, 11) is 0. The number of anilines is 1. The van der Waals surface area contributed by atoms with Gasteiger partial charge in [0.15, 0.2) is 5.11 Å². The summed E-state index contributed by atoms with van der Waals surface area (Å²) in [5.41, 5.74) is 0.364. The molecular weight excluding hydrogens is 319 g/mol. The van der Waals surface area contributed by atoms with Gasteiger partial charge >= 0.3 is 0 Å². The summed E-state index contributed by atoms with van der Waals surface area (Å²) in [6.45, 7) is 1.47. The zero-order valence-electron chi connectivity index (χ0n) is 9.71. The largest absolute Gasteiger partial charge is 0.376 e. The second-order valence-electron chi connectivity index (χ2n) is 4.09. The number of nitrogens with one attached hydrogen (secondary N) is 2. The number of hydrogen-bond donors (Lipinski definition) is 2. The van der Waals surface area contributed by atoms with Gasteiger partial charge in [0, 0.05) is 17.6 Å². The normalized spacial score (nSPS) is 18.7. The Bertz CT molecular complexity index is 438. The molecule has 0 spiro atoms. The van der Waals surface area contributed by atoms with Crippen LogP contribution in [0.1, 0.15) is 12.8 Å². The van der Waals surface area contributed by atoms with Gasteiger partial charge < -0.3 is 15.4 Å². The van der Waals surface area contributed by atoms with E-state index in [0.29, 0.717) is 21.8 Å². The van der Waals surface area contributed by atoms with Gasteiger partial charge in [-0.1, -0.05) is 15.9 Å². The van der Waals surface area contributed by atoms with Crippen LogP contribution in [0.4, 0.5) is 10.1 Å². The number of thiocarbonyl (C=S) groups is 1. The van der Waals surface area contributed by atoms with Crippen molar-refractivity contribution in [1.29, 1.82) is 0 Å². The molecule has 1 heterocycles. The minimum Gasteiger partial charge on any atom is -0.376 e. The van der Waals surface area contributed by atoms with Crippen LogP contribution in [-0.2, 0) is 4.74 Å². The average molecular weight is 333 g/mol. The van der Waals surface area contributed by atoms with Crippen LogP contribution >= 0.6 is 28.1 Å². The molecule has 98 valence electrons. The van der Waals surface area contributed by atoms with Crippen molar-refractivity contribution in [2.24, 2.45) is 0 Å². The fraction of sp³-hybridized carbons (Fsp3) is 0.417. The van der Waals surface area contributed by atoms with Crippen LogP contribution in [-0.4, -0.2) is 24.4 Å². The Morgan fingerprint density at radius 3 is 3.06 bits per heavy atom. The molecule has 1 unspecified atom stereocenters. The maximum atomic E-state index is 13.5. The Morgan fingerprint density at radius 2 is 2.39 bits per heavy atom. The maximum absolute atomic E-state index is 13.5. The first-order chi connectivity index (χ1) is 8.65. The van der Waals surface area contributed by atoms with E-state index in [-0.39, 0.29) is 11.9 Å². The smallest absolute Gasteiger partial charge is 0.170 e. The third-order valence-electron chi connectivity index (χ3n) is 2.69. The van der Waals surface area contributed by atoms with Crippen molar-refractivity contribution in [2.45, 2.75) is 18.9 Å². The molecule has 18 heavy (non-hydrogen) atoms. The second-order valence-corrected chi connectivity index (χ2v) is 5.42. The highest BCUT2D eigenvalue weighted by molar-refractivity contribution is 9.10. The average Bonchev–Trinajstić information content (AvgIpc) is 2.83. The second kappa shape index (κ2) is 6.45. The van der Waals surface area contributed by atoms with Gasteiger partial charge in [-0.15, -0.1) is 0 Å². The zero-order chi connectivity index (χ0) is 13.0. The molecule has 1 atom stereocenters. The van der Waals surface area contributed by atoms with Crippen LogP contribution in [0.25, 0.3) is 0 Å². The minimum absolute atomic E-state index is 0.208. The topological polar surface area (TPSA) is 33.3 Å². The van der Waals surface area contributed by atoms with E-state index in [1.54, 1.807) is 12.1 Å². The molecule has 1 aromatic rings. The molecule has 3 nitrogen and oxygen atoms in total. The van der Waals surface area contributed by atoms with Gasteiger partial charge in [0.05, 0.1) is 11.8 Å². The molecule has 1 aliphatic heterocycles. The molecule has 2 rings (SSSR count). The molecule has 0 saturated carbocycles. The lowest BCUT2D eigenvalue weighted by atomic mass is 10.2. The molecule has 0 aromatic heterocycles. The third kappa shape index (κ3) is 3.90. The van der Waals surface area contributed by atoms with E-state index in [1.807, 2.05) is 0 Å². The summed E-state index contributed by atoms with van der Waals surface area (Å²) < 4.78 is 19.7. The Labute approximate surface area is 119 Å². The predicted octanol–water partition coefficient (Wildman–Crippen LogP) is 3.05. The summed E-state index contributed by atoms with van der Waals surface area (Å²) in [6, 6.07) is 4.79. The Balaban J connectivity index is 1.82. The predicted molar refractivity (Wildman–Crippen MR) is 77.3 cm³/mol. The molecule has 1 fully saturated rings. The summed E-state index contributed by atoms with van der Waals surface area (Å²) >= 11 is 8.31. The van der Waals surface area contributed by atoms with Crippen molar-refractivity contribution in [2.75, 3.05) is 18.5 Å². The quantitative estimate of drug-likeness (QED) is 0.833. The van der Waals surface area contributed by atoms with Crippen molar-refractivity contribution in [3.63, 3.8) is 0 Å². The van der Waals surface area contributed by atoms with Crippen LogP contribution in [0.2, 0.25) is 0 Å². The fourth-order valence-electron chi connectivity index (χ4n) is 1.77. The first kappa shape index (κ1) is 13.7. The Morgan fingerprint density at radius 1 is 1.56 bits per heavy atom. The van der Waals surface area contributed by atoms with Gasteiger partial charge in [-0.2, -0.15) is 0 Å². The summed E-state index contributed by atoms with van der Waals surface area (Å²) in [5.74, 6) is -0.342. The molecule has 2 N–H and O–H groups in total. The van der Waals surface area contributed by atoms with E-state index in [9.17, 15) is 4.39 Å². The number of benzene rings is 1. The lowest BCUT2D eigenvalue weighted by molar-refractivity contribution is 0.114. The minimum atomic E-state index is -0.342. The molecular formula is C12H14BrFN2OS. The first-order valence-corrected chi connectivity index (χ1v) is 6.97. The van der Waals surface area contributed by atoms with E-state index in [4.69, 9.17) is 17.0 Å². The molecule has 0 amide bonds. The van der Waals surface area contributed by atoms with Crippen molar-refractivity contribution in [3.05, 3.63) is 28.5 Å². The SMILES string of the molecule is Fc1cc(Br)ccc1NC(=S)NCC1CCCO1. The van der Waals surface area contributed by atoms with Crippen molar-refractivity contribution in [1.82, 2.24) is 5.32 Å². The van der Waals surface area contributed by atoms with Gasteiger partial charge in [-0.3, -0.25) is 0 Å². The molecule has 6 heteroatoms. The molecule has 0 bridgehead atoms. The molecule has 1 aliphatic rings. The lowest BCUT2D eigenvalue weighted by Gasteiger charge is -2.14. The van der Waals surface area contributed by atoms with E-state index in [2.05, 4.69) is 26.6 Å². The Kier molecular flexibility index (Phi) is 4.91. The maximum Gasteiger partial charge on any atom is 0.170 e. The number of halogens is 2. The lowest BCUT2D eigenvalue weighted by Crippen LogP contribution is -2.35. The highest BCUT2D eigenvalue weighted by Crippen LogP contribution is 2.19. The highest BCUT2D eigenvalue weighted by Gasteiger charge is 2.15. The van der Waals surface area contributed by atoms with Crippen LogP contribution in [0.3, 0.4) is 0 Å². The summed E-state index contributed by atoms with van der Waals surface area (Å²) in [5, 5.41) is 6.27. The van der Waals surface area contributed by atoms with E-state index < -0.39 is 0 Å². The first-order valence-electron chi connectivity index (χ1n) is 5.76. The summed E-state index contributed by atoms with van der Waals surface area (Å²) in [4.78, 5) is 0. The van der Waals surface area contributed by atoms with Crippen molar-refractivity contribution in [3.8, 4) is 0 Å². The number of hydrogen-bond acceptors (Lipinski definition) is 2. The highest BCUT2D eigenvalue weighted by atomic mass is 79.9. The van der Waals surface area contributed by atoms with Crippen LogP contribution in [0.5, 0.6) is 0 Å². The Hall–Kier alpha value is -0.720. The van der Waals surface area contributed by atoms with Crippen molar-refractivity contribution >= 4 is 38.9 Å². The third-order valence-corrected chi connectivity index (χ3v) is 3.43.